The van der Waals surface area contributed by atoms with Gasteiger partial charge in [0.25, 0.3) is 0 Å². The van der Waals surface area contributed by atoms with Gasteiger partial charge >= 0.3 is 0 Å². The van der Waals surface area contributed by atoms with Gasteiger partial charge in [0.05, 0.1) is 0 Å². The molecule has 0 aromatic heterocycles. The van der Waals surface area contributed by atoms with E-state index in [9.17, 15) is 0 Å². The molecular weight excluding hydrogens is 91.5 g/mol. The first-order valence-electron chi connectivity index (χ1n) is 0.862. The highest BCUT2D eigenvalue weighted by molar-refractivity contribution is 8.01. The van der Waals surface area contributed by atoms with Gasteiger partial charge in [-0.3, -0.25) is 0 Å². The quantitative estimate of drug-likeness (QED) is 0.478. The Kier molecular flexibility index (Phi) is 4.22. The molecule has 0 unspecified atom stereocenters. The van der Waals surface area contributed by atoms with E-state index in [4.69, 9.17) is 11.6 Å². The standard InChI is InChI=1S/C2H4ClS/c1-4-2-3/h2H,1H3. The molecular formula is C2H4ClS. The number of hydrogen-bond acceptors (Lipinski definition) is 1. The minimum atomic E-state index is 1.50. The van der Waals surface area contributed by atoms with E-state index in [1.54, 1.807) is 0 Å². The molecule has 0 nitrogen and oxygen atoms in total. The summed E-state index contributed by atoms with van der Waals surface area (Å²) in [7, 11) is 0. The summed E-state index contributed by atoms with van der Waals surface area (Å²) in [6, 6.07) is 0. The molecule has 2 heteroatoms. The van der Waals surface area contributed by atoms with Gasteiger partial charge in [-0.2, -0.15) is 0 Å². The molecule has 0 N–H and O–H groups in total. The number of thioether (sulfide) groups is 1. The first-order chi connectivity index (χ1) is 1.91. The van der Waals surface area contributed by atoms with Crippen molar-refractivity contribution in [3.05, 3.63) is 5.21 Å². The molecule has 4 heavy (non-hydrogen) atoms. The molecule has 0 spiro atoms. The maximum absolute atomic E-state index is 5.02. The largest absolute Gasteiger partial charge is 0.143 e. The molecule has 0 rings (SSSR count). The molecule has 0 heterocycles. The predicted octanol–water partition coefficient (Wildman–Crippen LogP) is 1.71. The van der Waals surface area contributed by atoms with Gasteiger partial charge in [0.2, 0.25) is 0 Å². The number of halogens is 1. The number of hydrogen-bond donors (Lipinski definition) is 0. The Balaban J connectivity index is 1.97. The van der Waals surface area contributed by atoms with Crippen LogP contribution in [0.15, 0.2) is 0 Å². The van der Waals surface area contributed by atoms with Gasteiger partial charge in [-0.25, -0.2) is 0 Å². The fraction of sp³-hybridized carbons (Fsp3) is 0.500. The first-order valence-corrected chi connectivity index (χ1v) is 2.59. The Labute approximate surface area is 35.5 Å². The third-order valence-electron chi connectivity index (χ3n) is 0.0891. The van der Waals surface area contributed by atoms with Gasteiger partial charge in [0.1, 0.15) is 5.21 Å². The lowest BCUT2D eigenvalue weighted by Gasteiger charge is -1.65. The SMILES string of the molecule is CS[CH]Cl. The Bertz CT molecular complexity index is 8.00. The van der Waals surface area contributed by atoms with Crippen LogP contribution in [0.2, 0.25) is 0 Å². The zero-order valence-electron chi connectivity index (χ0n) is 2.36. The smallest absolute Gasteiger partial charge is 0.104 e. The van der Waals surface area contributed by atoms with Gasteiger partial charge in [-0.1, -0.05) is 0 Å². The summed E-state index contributed by atoms with van der Waals surface area (Å²) in [5.74, 6) is 0. The van der Waals surface area contributed by atoms with Crippen LogP contribution >= 0.6 is 23.4 Å². The Morgan fingerprint density at radius 1 is 2.00 bits per heavy atom. The molecule has 0 saturated carbocycles. The van der Waals surface area contributed by atoms with Crippen LogP contribution in [0.1, 0.15) is 0 Å². The van der Waals surface area contributed by atoms with Gasteiger partial charge in [0, 0.05) is 0 Å². The van der Waals surface area contributed by atoms with Crippen molar-refractivity contribution >= 4 is 23.4 Å². The van der Waals surface area contributed by atoms with Crippen molar-refractivity contribution in [1.29, 1.82) is 0 Å². The van der Waals surface area contributed by atoms with Crippen molar-refractivity contribution in [2.75, 3.05) is 6.26 Å². The van der Waals surface area contributed by atoms with Gasteiger partial charge in [-0.05, 0) is 6.26 Å². The molecule has 0 amide bonds. The van der Waals surface area contributed by atoms with Crippen molar-refractivity contribution in [2.24, 2.45) is 0 Å². The molecule has 25 valence electrons. The Morgan fingerprint density at radius 3 is 2.25 bits per heavy atom. The van der Waals surface area contributed by atoms with E-state index in [1.165, 1.54) is 17.0 Å². The molecule has 0 fully saturated rings. The molecule has 0 aromatic rings. The fourth-order valence-corrected chi connectivity index (χ4v) is 0. The van der Waals surface area contributed by atoms with Crippen molar-refractivity contribution in [3.63, 3.8) is 0 Å². The van der Waals surface area contributed by atoms with Crippen LogP contribution < -0.4 is 0 Å². The third-order valence-corrected chi connectivity index (χ3v) is 0.802. The summed E-state index contributed by atoms with van der Waals surface area (Å²) in [6.07, 6.45) is 1.91. The topological polar surface area (TPSA) is 0 Å². The Morgan fingerprint density at radius 2 is 2.25 bits per heavy atom. The second kappa shape index (κ2) is 3.64. The minimum absolute atomic E-state index is 1.50. The average molecular weight is 95.6 g/mol. The zero-order valence-corrected chi connectivity index (χ0v) is 3.94. The van der Waals surface area contributed by atoms with Gasteiger partial charge in [0.15, 0.2) is 0 Å². The summed E-state index contributed by atoms with van der Waals surface area (Å²) in [4.78, 5) is 0. The normalized spacial score (nSPS) is 7.50. The molecule has 0 atom stereocenters. The molecule has 1 radical (unpaired) electrons. The zero-order chi connectivity index (χ0) is 3.41. The van der Waals surface area contributed by atoms with Gasteiger partial charge in [-0.15, -0.1) is 23.4 Å². The Hall–Kier alpha value is 0.640. The molecule has 0 saturated heterocycles. The maximum atomic E-state index is 5.02. The van der Waals surface area contributed by atoms with Crippen molar-refractivity contribution in [2.45, 2.75) is 0 Å². The van der Waals surface area contributed by atoms with Crippen molar-refractivity contribution < 1.29 is 0 Å². The second-order valence-electron chi connectivity index (χ2n) is 0.325. The highest BCUT2D eigenvalue weighted by atomic mass is 35.5. The van der Waals surface area contributed by atoms with E-state index >= 15 is 0 Å². The lowest BCUT2D eigenvalue weighted by Crippen LogP contribution is -1.33. The fourth-order valence-electron chi connectivity index (χ4n) is 0. The summed E-state index contributed by atoms with van der Waals surface area (Å²) in [5, 5.41) is 1.51. The van der Waals surface area contributed by atoms with Crippen LogP contribution in [-0.4, -0.2) is 6.26 Å². The van der Waals surface area contributed by atoms with Crippen molar-refractivity contribution in [1.82, 2.24) is 0 Å². The maximum Gasteiger partial charge on any atom is 0.104 e. The molecule has 0 aliphatic rings. The van der Waals surface area contributed by atoms with Crippen LogP contribution in [0, 0.1) is 5.21 Å². The van der Waals surface area contributed by atoms with E-state index in [2.05, 4.69) is 0 Å². The van der Waals surface area contributed by atoms with Crippen molar-refractivity contribution in [3.8, 4) is 0 Å². The molecule has 0 aliphatic carbocycles. The third kappa shape index (κ3) is 2.64. The lowest BCUT2D eigenvalue weighted by molar-refractivity contribution is 2.44. The highest BCUT2D eigenvalue weighted by Crippen LogP contribution is 1.99. The van der Waals surface area contributed by atoms with E-state index in [1.807, 2.05) is 6.26 Å². The van der Waals surface area contributed by atoms with Crippen LogP contribution in [0.25, 0.3) is 0 Å². The van der Waals surface area contributed by atoms with E-state index in [0.29, 0.717) is 0 Å². The average Bonchev–Trinajstić information content (AvgIpc) is 1.37. The summed E-state index contributed by atoms with van der Waals surface area (Å²) >= 11 is 6.52. The predicted molar refractivity (Wildman–Crippen MR) is 23.7 cm³/mol. The van der Waals surface area contributed by atoms with E-state index in [0.717, 1.165) is 0 Å². The van der Waals surface area contributed by atoms with Crippen LogP contribution in [0.4, 0.5) is 0 Å². The van der Waals surface area contributed by atoms with E-state index in [-0.39, 0.29) is 0 Å². The second-order valence-corrected chi connectivity index (χ2v) is 1.51. The number of rotatable bonds is 1. The molecule has 0 bridgehead atoms. The van der Waals surface area contributed by atoms with E-state index < -0.39 is 0 Å². The first kappa shape index (κ1) is 4.64. The summed E-state index contributed by atoms with van der Waals surface area (Å²) < 4.78 is 0. The lowest BCUT2D eigenvalue weighted by atomic mass is 11.9. The summed E-state index contributed by atoms with van der Waals surface area (Å²) in [5.41, 5.74) is 0. The van der Waals surface area contributed by atoms with Crippen LogP contribution in [-0.2, 0) is 0 Å². The summed E-state index contributed by atoms with van der Waals surface area (Å²) in [6.45, 7) is 0. The highest BCUT2D eigenvalue weighted by Gasteiger charge is 1.59. The molecule has 0 aromatic carbocycles. The molecule has 0 aliphatic heterocycles. The minimum Gasteiger partial charge on any atom is -0.143 e. The van der Waals surface area contributed by atoms with Crippen LogP contribution in [0.5, 0.6) is 0 Å². The van der Waals surface area contributed by atoms with Gasteiger partial charge < -0.3 is 0 Å². The van der Waals surface area contributed by atoms with Crippen LogP contribution in [0.3, 0.4) is 0 Å². The monoisotopic (exact) mass is 95.0 g/mol.